The first-order valence-electron chi connectivity index (χ1n) is 9.81. The summed E-state index contributed by atoms with van der Waals surface area (Å²) >= 11 is 6.18. The van der Waals surface area contributed by atoms with Crippen LogP contribution in [0.25, 0.3) is 16.9 Å². The number of hydrogen-bond donors (Lipinski definition) is 1. The molecule has 0 fully saturated rings. The highest BCUT2D eigenvalue weighted by atomic mass is 35.5. The van der Waals surface area contributed by atoms with Crippen LogP contribution < -0.4 is 4.72 Å². The van der Waals surface area contributed by atoms with E-state index in [1.807, 2.05) is 0 Å². The van der Waals surface area contributed by atoms with Gasteiger partial charge in [-0.2, -0.15) is 0 Å². The van der Waals surface area contributed by atoms with Crippen molar-refractivity contribution in [1.82, 2.24) is 20.0 Å². The van der Waals surface area contributed by atoms with E-state index in [9.17, 15) is 13.2 Å². The molecule has 0 aliphatic carbocycles. The lowest BCUT2D eigenvalue weighted by Gasteiger charge is -2.22. The molecule has 1 N–H and O–H groups in total. The molecule has 0 saturated heterocycles. The molecule has 170 valence electrons. The fourth-order valence-electron chi connectivity index (χ4n) is 3.34. The average Bonchev–Trinajstić information content (AvgIpc) is 3.23. The highest BCUT2D eigenvalue weighted by Crippen LogP contribution is 2.30. The van der Waals surface area contributed by atoms with E-state index in [2.05, 4.69) is 20.0 Å². The van der Waals surface area contributed by atoms with E-state index < -0.39 is 21.4 Å². The van der Waals surface area contributed by atoms with Crippen LogP contribution in [0.4, 0.5) is 5.69 Å². The lowest BCUT2D eigenvalue weighted by Crippen LogP contribution is -2.30. The van der Waals surface area contributed by atoms with Gasteiger partial charge < -0.3 is 4.74 Å². The molecule has 2 aromatic carbocycles. The third-order valence-corrected chi connectivity index (χ3v) is 6.85. The molecule has 0 unspecified atom stereocenters. The molecule has 9 nitrogen and oxygen atoms in total. The molecule has 33 heavy (non-hydrogen) atoms. The molecule has 0 spiro atoms. The van der Waals surface area contributed by atoms with Gasteiger partial charge in [0.2, 0.25) is 5.65 Å². The third kappa shape index (κ3) is 4.27. The van der Waals surface area contributed by atoms with E-state index >= 15 is 0 Å². The van der Waals surface area contributed by atoms with Gasteiger partial charge in [-0.1, -0.05) is 28.9 Å². The van der Waals surface area contributed by atoms with Crippen LogP contribution in [0.5, 0.6) is 0 Å². The molecule has 4 aromatic rings. The van der Waals surface area contributed by atoms with Gasteiger partial charge in [-0.05, 0) is 61.9 Å². The number of sulfonamides is 1. The van der Waals surface area contributed by atoms with Crippen molar-refractivity contribution in [3.05, 3.63) is 71.4 Å². The van der Waals surface area contributed by atoms with Crippen LogP contribution in [0.1, 0.15) is 19.4 Å². The Labute approximate surface area is 195 Å². The summed E-state index contributed by atoms with van der Waals surface area (Å²) in [7, 11) is -2.66. The zero-order valence-electron chi connectivity index (χ0n) is 18.0. The Morgan fingerprint density at radius 3 is 2.55 bits per heavy atom. The largest absolute Gasteiger partial charge is 0.468 e. The number of carbonyl (C=O) groups is 1. The number of fused-ring (bicyclic) bond motifs is 1. The molecule has 11 heteroatoms. The monoisotopic (exact) mass is 485 g/mol. The zero-order chi connectivity index (χ0) is 23.8. The minimum Gasteiger partial charge on any atom is -0.468 e. The first-order chi connectivity index (χ1) is 15.6. The van der Waals surface area contributed by atoms with E-state index in [-0.39, 0.29) is 10.6 Å². The summed E-state index contributed by atoms with van der Waals surface area (Å²) in [6.07, 6.45) is 1.59. The van der Waals surface area contributed by atoms with Gasteiger partial charge in [0, 0.05) is 11.2 Å². The Hall–Kier alpha value is -3.50. The van der Waals surface area contributed by atoms with Crippen molar-refractivity contribution in [2.45, 2.75) is 24.2 Å². The quantitative estimate of drug-likeness (QED) is 0.413. The Morgan fingerprint density at radius 2 is 1.85 bits per heavy atom. The molecule has 0 bridgehead atoms. The molecule has 0 amide bonds. The van der Waals surface area contributed by atoms with Gasteiger partial charge in [0.15, 0.2) is 0 Å². The minimum absolute atomic E-state index is 0.0259. The first-order valence-corrected chi connectivity index (χ1v) is 11.7. The summed E-state index contributed by atoms with van der Waals surface area (Å²) in [5.74, 6) is -0.420. The van der Waals surface area contributed by atoms with E-state index in [1.54, 1.807) is 62.5 Å². The molecule has 2 heterocycles. The normalized spacial score (nSPS) is 12.0. The topological polar surface area (TPSA) is 116 Å². The number of benzene rings is 2. The fraction of sp³-hybridized carbons (Fsp3) is 0.182. The molecule has 2 aromatic heterocycles. The van der Waals surface area contributed by atoms with Crippen LogP contribution in [0.2, 0.25) is 5.02 Å². The maximum absolute atomic E-state index is 13.1. The van der Waals surface area contributed by atoms with Crippen LogP contribution in [-0.2, 0) is 25.0 Å². The Balaban J connectivity index is 1.70. The Kier molecular flexibility index (Phi) is 5.81. The second-order valence-corrected chi connectivity index (χ2v) is 9.87. The summed E-state index contributed by atoms with van der Waals surface area (Å²) < 4.78 is 35.2. The number of aromatic nitrogens is 4. The van der Waals surface area contributed by atoms with Gasteiger partial charge >= 0.3 is 5.97 Å². The summed E-state index contributed by atoms with van der Waals surface area (Å²) in [4.78, 5) is 16.2. The molecule has 0 radical (unpaired) electrons. The predicted octanol–water partition coefficient (Wildman–Crippen LogP) is 3.72. The molecule has 0 saturated carbocycles. The van der Waals surface area contributed by atoms with Crippen LogP contribution >= 0.6 is 11.6 Å². The molecule has 0 aliphatic heterocycles. The Morgan fingerprint density at radius 1 is 1.12 bits per heavy atom. The smallest absolute Gasteiger partial charge is 0.315 e. The van der Waals surface area contributed by atoms with Crippen LogP contribution in [0.15, 0.2) is 65.7 Å². The van der Waals surface area contributed by atoms with Crippen molar-refractivity contribution >= 4 is 44.4 Å². The number of carbonyl (C=O) groups excluding carboxylic acids is 1. The number of hydrogen-bond acceptors (Lipinski definition) is 7. The lowest BCUT2D eigenvalue weighted by molar-refractivity contribution is -0.146. The van der Waals surface area contributed by atoms with Gasteiger partial charge in [0.25, 0.3) is 10.0 Å². The number of nitrogens with zero attached hydrogens (tertiary/aromatic N) is 4. The number of methoxy groups -OCH3 is 1. The predicted molar refractivity (Wildman–Crippen MR) is 124 cm³/mol. The standard InChI is InChI=1S/C22H20ClN5O4S/c1-22(2,21(29)32-3)14-6-9-16(10-7-14)33(30,31)26-17-11-8-15(23)13-19(17)28-18-5-4-12-24-20(18)25-27-28/h4-13,26H,1-3H3. The maximum atomic E-state index is 13.1. The number of halogens is 1. The number of esters is 1. The van der Waals surface area contributed by atoms with E-state index in [4.69, 9.17) is 16.3 Å². The van der Waals surface area contributed by atoms with Gasteiger partial charge in [0.05, 0.1) is 28.8 Å². The molecular formula is C22H20ClN5O4S. The van der Waals surface area contributed by atoms with Gasteiger partial charge in [-0.25, -0.2) is 18.1 Å². The second kappa shape index (κ2) is 8.45. The summed E-state index contributed by atoms with van der Waals surface area (Å²) in [5, 5.41) is 8.52. The minimum atomic E-state index is -3.97. The molecule has 0 aliphatic rings. The third-order valence-electron chi connectivity index (χ3n) is 5.24. The van der Waals surface area contributed by atoms with Crippen molar-refractivity contribution in [3.63, 3.8) is 0 Å². The van der Waals surface area contributed by atoms with Crippen molar-refractivity contribution in [1.29, 1.82) is 0 Å². The van der Waals surface area contributed by atoms with Gasteiger partial charge in [-0.3, -0.25) is 9.52 Å². The molecule has 4 rings (SSSR count). The van der Waals surface area contributed by atoms with Crippen LogP contribution in [0.3, 0.4) is 0 Å². The van der Waals surface area contributed by atoms with E-state index in [0.29, 0.717) is 27.4 Å². The number of anilines is 1. The lowest BCUT2D eigenvalue weighted by atomic mass is 9.85. The number of ether oxygens (including phenoxy) is 1. The Bertz CT molecular complexity index is 1450. The molecule has 0 atom stereocenters. The van der Waals surface area contributed by atoms with Crippen LogP contribution in [-0.4, -0.2) is 41.5 Å². The van der Waals surface area contributed by atoms with Crippen LogP contribution in [0, 0.1) is 0 Å². The number of pyridine rings is 1. The van der Waals surface area contributed by atoms with Crippen molar-refractivity contribution in [2.75, 3.05) is 11.8 Å². The second-order valence-electron chi connectivity index (χ2n) is 7.76. The van der Waals surface area contributed by atoms with Crippen molar-refractivity contribution in [2.24, 2.45) is 0 Å². The maximum Gasteiger partial charge on any atom is 0.315 e. The van der Waals surface area contributed by atoms with Gasteiger partial charge in [0.1, 0.15) is 5.52 Å². The SMILES string of the molecule is COC(=O)C(C)(C)c1ccc(S(=O)(=O)Nc2ccc(Cl)cc2-n2nnc3ncccc32)cc1. The van der Waals surface area contributed by atoms with Crippen molar-refractivity contribution < 1.29 is 17.9 Å². The first kappa shape index (κ1) is 22.7. The van der Waals surface area contributed by atoms with E-state index in [1.165, 1.54) is 23.9 Å². The zero-order valence-corrected chi connectivity index (χ0v) is 19.6. The van der Waals surface area contributed by atoms with Crippen molar-refractivity contribution in [3.8, 4) is 5.69 Å². The summed E-state index contributed by atoms with van der Waals surface area (Å²) in [6.45, 7) is 3.41. The molecular weight excluding hydrogens is 466 g/mol. The fourth-order valence-corrected chi connectivity index (χ4v) is 4.58. The highest BCUT2D eigenvalue weighted by Gasteiger charge is 2.31. The average molecular weight is 486 g/mol. The van der Waals surface area contributed by atoms with E-state index in [0.717, 1.165) is 0 Å². The summed E-state index contributed by atoms with van der Waals surface area (Å²) in [6, 6.07) is 14.3. The van der Waals surface area contributed by atoms with Gasteiger partial charge in [-0.15, -0.1) is 5.10 Å². The number of nitrogens with one attached hydrogen (secondary N) is 1. The number of rotatable bonds is 6. The highest BCUT2D eigenvalue weighted by molar-refractivity contribution is 7.92. The summed E-state index contributed by atoms with van der Waals surface area (Å²) in [5.41, 5.74) is 1.36.